The van der Waals surface area contributed by atoms with Crippen LogP contribution in [0.2, 0.25) is 0 Å². The number of para-hydroxylation sites is 3. The van der Waals surface area contributed by atoms with E-state index in [4.69, 9.17) is 9.47 Å². The normalized spacial score (nSPS) is 10.3. The van der Waals surface area contributed by atoms with Crippen molar-refractivity contribution < 1.29 is 19.1 Å². The Morgan fingerprint density at radius 1 is 1.00 bits per heavy atom. The van der Waals surface area contributed by atoms with Gasteiger partial charge in [0.25, 0.3) is 5.91 Å². The molecule has 1 N–H and O–H groups in total. The SMILES string of the molecule is Cc1cc(C(=O)OCC(=O)Nc2ccccc2Oc2ccccc2)c(C)s1. The van der Waals surface area contributed by atoms with E-state index in [0.717, 1.165) is 9.75 Å². The molecule has 1 aromatic heterocycles. The number of hydrogen-bond donors (Lipinski definition) is 1. The maximum absolute atomic E-state index is 12.2. The lowest BCUT2D eigenvalue weighted by molar-refractivity contribution is -0.119. The summed E-state index contributed by atoms with van der Waals surface area (Å²) >= 11 is 1.52. The van der Waals surface area contributed by atoms with Gasteiger partial charge in [-0.2, -0.15) is 0 Å². The molecule has 0 atom stereocenters. The van der Waals surface area contributed by atoms with Crippen molar-refractivity contribution in [2.24, 2.45) is 0 Å². The van der Waals surface area contributed by atoms with Crippen LogP contribution in [0.1, 0.15) is 20.1 Å². The van der Waals surface area contributed by atoms with Crippen molar-refractivity contribution in [3.63, 3.8) is 0 Å². The van der Waals surface area contributed by atoms with Crippen LogP contribution < -0.4 is 10.1 Å². The molecule has 6 heteroatoms. The Morgan fingerprint density at radius 3 is 2.41 bits per heavy atom. The van der Waals surface area contributed by atoms with Gasteiger partial charge in [-0.15, -0.1) is 11.3 Å². The molecule has 3 rings (SSSR count). The molecule has 3 aromatic rings. The zero-order valence-corrected chi connectivity index (χ0v) is 15.8. The second kappa shape index (κ2) is 8.51. The number of amides is 1. The standard InChI is InChI=1S/C21H19NO4S/c1-14-12-17(15(2)27-14)21(24)25-13-20(23)22-18-10-6-7-11-19(18)26-16-8-4-3-5-9-16/h3-12H,13H2,1-2H3,(H,22,23). The minimum atomic E-state index is -0.499. The molecule has 0 fully saturated rings. The Labute approximate surface area is 161 Å². The average Bonchev–Trinajstić information content (AvgIpc) is 3.00. The van der Waals surface area contributed by atoms with Gasteiger partial charge in [0.05, 0.1) is 11.3 Å². The van der Waals surface area contributed by atoms with Crippen LogP contribution >= 0.6 is 11.3 Å². The van der Waals surface area contributed by atoms with E-state index in [9.17, 15) is 9.59 Å². The van der Waals surface area contributed by atoms with Gasteiger partial charge in [-0.05, 0) is 44.2 Å². The summed E-state index contributed by atoms with van der Waals surface area (Å²) in [5.74, 6) is 0.236. The highest BCUT2D eigenvalue weighted by Gasteiger charge is 2.16. The first-order valence-electron chi connectivity index (χ1n) is 8.39. The molecule has 27 heavy (non-hydrogen) atoms. The van der Waals surface area contributed by atoms with E-state index in [1.54, 1.807) is 24.3 Å². The first kappa shape index (κ1) is 18.7. The van der Waals surface area contributed by atoms with Crippen molar-refractivity contribution in [1.82, 2.24) is 0 Å². The van der Waals surface area contributed by atoms with Crippen molar-refractivity contribution in [3.8, 4) is 11.5 Å². The first-order valence-corrected chi connectivity index (χ1v) is 9.20. The summed E-state index contributed by atoms with van der Waals surface area (Å²) < 4.78 is 10.9. The summed E-state index contributed by atoms with van der Waals surface area (Å²) in [6.45, 7) is 3.41. The van der Waals surface area contributed by atoms with Crippen molar-refractivity contribution in [2.75, 3.05) is 11.9 Å². The van der Waals surface area contributed by atoms with Crippen LogP contribution in [0.25, 0.3) is 0 Å². The lowest BCUT2D eigenvalue weighted by atomic mass is 10.2. The Bertz CT molecular complexity index is 950. The Morgan fingerprint density at radius 2 is 1.70 bits per heavy atom. The molecule has 1 heterocycles. The summed E-state index contributed by atoms with van der Waals surface area (Å²) in [5.41, 5.74) is 1.00. The summed E-state index contributed by atoms with van der Waals surface area (Å²) in [7, 11) is 0. The minimum absolute atomic E-state index is 0.368. The van der Waals surface area contributed by atoms with E-state index < -0.39 is 11.9 Å². The number of benzene rings is 2. The molecule has 0 radical (unpaired) electrons. The molecule has 0 aliphatic rings. The number of ether oxygens (including phenoxy) is 2. The van der Waals surface area contributed by atoms with Gasteiger partial charge in [0.2, 0.25) is 0 Å². The number of nitrogens with one attached hydrogen (secondary N) is 1. The number of anilines is 1. The summed E-state index contributed by atoms with van der Waals surface area (Å²) in [6, 6.07) is 18.1. The summed E-state index contributed by atoms with van der Waals surface area (Å²) in [4.78, 5) is 26.2. The van der Waals surface area contributed by atoms with Crippen molar-refractivity contribution >= 4 is 28.9 Å². The first-order chi connectivity index (χ1) is 13.0. The van der Waals surface area contributed by atoms with Crippen molar-refractivity contribution in [3.05, 3.63) is 76.0 Å². The maximum Gasteiger partial charge on any atom is 0.339 e. The molecule has 0 aliphatic heterocycles. The second-order valence-corrected chi connectivity index (χ2v) is 7.32. The number of rotatable bonds is 6. The van der Waals surface area contributed by atoms with E-state index >= 15 is 0 Å². The predicted octanol–water partition coefficient (Wildman–Crippen LogP) is 4.95. The zero-order valence-electron chi connectivity index (χ0n) is 15.0. The molecule has 1 amide bonds. The molecule has 5 nitrogen and oxygen atoms in total. The van der Waals surface area contributed by atoms with Gasteiger partial charge < -0.3 is 14.8 Å². The van der Waals surface area contributed by atoms with Gasteiger partial charge in [0.15, 0.2) is 12.4 Å². The van der Waals surface area contributed by atoms with E-state index in [1.807, 2.05) is 50.2 Å². The molecule has 0 saturated carbocycles. The number of aryl methyl sites for hydroxylation is 2. The molecule has 0 saturated heterocycles. The topological polar surface area (TPSA) is 64.6 Å². The molecule has 138 valence electrons. The van der Waals surface area contributed by atoms with Crippen molar-refractivity contribution in [2.45, 2.75) is 13.8 Å². The van der Waals surface area contributed by atoms with Crippen molar-refractivity contribution in [1.29, 1.82) is 0 Å². The molecule has 0 bridgehead atoms. The third-order valence-electron chi connectivity index (χ3n) is 3.73. The van der Waals surface area contributed by atoms with E-state index in [2.05, 4.69) is 5.32 Å². The van der Waals surface area contributed by atoms with Crippen LogP contribution in [0.15, 0.2) is 60.7 Å². The van der Waals surface area contributed by atoms with E-state index in [-0.39, 0.29) is 6.61 Å². The number of carbonyl (C=O) groups excluding carboxylic acids is 2. The molecule has 0 spiro atoms. The Hall–Kier alpha value is -3.12. The summed E-state index contributed by atoms with van der Waals surface area (Å²) in [6.07, 6.45) is 0. The fraction of sp³-hybridized carbons (Fsp3) is 0.143. The smallest absolute Gasteiger partial charge is 0.339 e. The fourth-order valence-electron chi connectivity index (χ4n) is 2.50. The third-order valence-corrected chi connectivity index (χ3v) is 4.69. The van der Waals surface area contributed by atoms with E-state index in [0.29, 0.717) is 22.7 Å². The van der Waals surface area contributed by atoms with Gasteiger partial charge >= 0.3 is 5.97 Å². The van der Waals surface area contributed by atoms with Crippen LogP contribution in [0.4, 0.5) is 5.69 Å². The zero-order chi connectivity index (χ0) is 19.2. The van der Waals surface area contributed by atoms with Crippen LogP contribution in [0.3, 0.4) is 0 Å². The van der Waals surface area contributed by atoms with Gasteiger partial charge in [-0.1, -0.05) is 30.3 Å². The molecular formula is C21H19NO4S. The maximum atomic E-state index is 12.2. The van der Waals surface area contributed by atoms with Crippen LogP contribution in [0.5, 0.6) is 11.5 Å². The van der Waals surface area contributed by atoms with Crippen LogP contribution in [-0.4, -0.2) is 18.5 Å². The average molecular weight is 381 g/mol. The number of carbonyl (C=O) groups is 2. The second-order valence-electron chi connectivity index (χ2n) is 5.86. The Kier molecular flexibility index (Phi) is 5.88. The van der Waals surface area contributed by atoms with E-state index in [1.165, 1.54) is 11.3 Å². The van der Waals surface area contributed by atoms with Gasteiger partial charge in [-0.25, -0.2) is 4.79 Å². The lowest BCUT2D eigenvalue weighted by Gasteiger charge is -2.12. The van der Waals surface area contributed by atoms with Crippen LogP contribution in [0, 0.1) is 13.8 Å². The highest BCUT2D eigenvalue weighted by atomic mass is 32.1. The van der Waals surface area contributed by atoms with Gasteiger partial charge in [0.1, 0.15) is 5.75 Å². The number of esters is 1. The monoisotopic (exact) mass is 381 g/mol. The molecule has 0 aliphatic carbocycles. The predicted molar refractivity (Wildman–Crippen MR) is 106 cm³/mol. The van der Waals surface area contributed by atoms with Gasteiger partial charge in [-0.3, -0.25) is 4.79 Å². The van der Waals surface area contributed by atoms with Crippen LogP contribution in [-0.2, 0) is 9.53 Å². The number of thiophene rings is 1. The molecule has 0 unspecified atom stereocenters. The quantitative estimate of drug-likeness (QED) is 0.614. The highest BCUT2D eigenvalue weighted by molar-refractivity contribution is 7.12. The lowest BCUT2D eigenvalue weighted by Crippen LogP contribution is -2.21. The number of hydrogen-bond acceptors (Lipinski definition) is 5. The summed E-state index contributed by atoms with van der Waals surface area (Å²) in [5, 5.41) is 2.72. The van der Waals surface area contributed by atoms with Gasteiger partial charge in [0, 0.05) is 9.75 Å². The highest BCUT2D eigenvalue weighted by Crippen LogP contribution is 2.29. The molecule has 2 aromatic carbocycles. The molecular weight excluding hydrogens is 362 g/mol. The minimum Gasteiger partial charge on any atom is -0.455 e. The third kappa shape index (κ3) is 4.95. The Balaban J connectivity index is 1.61. The largest absolute Gasteiger partial charge is 0.455 e. The fourth-order valence-corrected chi connectivity index (χ4v) is 3.41.